The lowest BCUT2D eigenvalue weighted by molar-refractivity contribution is -0.138. The summed E-state index contributed by atoms with van der Waals surface area (Å²) >= 11 is 0. The SMILES string of the molecule is CCCN(CCCn1ccnc1)CC(=O)O. The Morgan fingerprint density at radius 2 is 2.31 bits per heavy atom. The van der Waals surface area contributed by atoms with E-state index in [2.05, 4.69) is 11.9 Å². The van der Waals surface area contributed by atoms with E-state index in [0.29, 0.717) is 0 Å². The molecule has 0 atom stereocenters. The minimum atomic E-state index is -0.754. The highest BCUT2D eigenvalue weighted by molar-refractivity contribution is 5.69. The fourth-order valence-electron chi connectivity index (χ4n) is 1.67. The minimum absolute atomic E-state index is 0.137. The molecule has 90 valence electrons. The van der Waals surface area contributed by atoms with Crippen LogP contribution < -0.4 is 0 Å². The lowest BCUT2D eigenvalue weighted by atomic mass is 10.3. The Bertz CT molecular complexity index is 298. The van der Waals surface area contributed by atoms with Gasteiger partial charge in [-0.05, 0) is 19.4 Å². The maximum atomic E-state index is 10.6. The summed E-state index contributed by atoms with van der Waals surface area (Å²) in [6.45, 7) is 4.75. The van der Waals surface area contributed by atoms with Crippen LogP contribution in [0.25, 0.3) is 0 Å². The minimum Gasteiger partial charge on any atom is -0.480 e. The Morgan fingerprint density at radius 1 is 1.50 bits per heavy atom. The highest BCUT2D eigenvalue weighted by Crippen LogP contribution is 1.97. The summed E-state index contributed by atoms with van der Waals surface area (Å²) in [5.74, 6) is -0.754. The third-order valence-electron chi connectivity index (χ3n) is 2.35. The van der Waals surface area contributed by atoms with Crippen LogP contribution in [0, 0.1) is 0 Å². The van der Waals surface area contributed by atoms with Crippen LogP contribution in [0.1, 0.15) is 19.8 Å². The zero-order chi connectivity index (χ0) is 11.8. The van der Waals surface area contributed by atoms with Gasteiger partial charge in [0.1, 0.15) is 0 Å². The molecule has 1 heterocycles. The third kappa shape index (κ3) is 4.93. The topological polar surface area (TPSA) is 58.4 Å². The molecule has 1 aromatic heterocycles. The van der Waals surface area contributed by atoms with Gasteiger partial charge in [-0.3, -0.25) is 9.69 Å². The van der Waals surface area contributed by atoms with Gasteiger partial charge in [-0.1, -0.05) is 6.92 Å². The van der Waals surface area contributed by atoms with E-state index in [1.54, 1.807) is 12.5 Å². The second-order valence-electron chi connectivity index (χ2n) is 3.82. The highest BCUT2D eigenvalue weighted by Gasteiger charge is 2.07. The van der Waals surface area contributed by atoms with Crippen molar-refractivity contribution in [3.8, 4) is 0 Å². The lowest BCUT2D eigenvalue weighted by Crippen LogP contribution is -2.31. The zero-order valence-corrected chi connectivity index (χ0v) is 9.67. The molecule has 0 aliphatic rings. The predicted molar refractivity (Wildman–Crippen MR) is 61.2 cm³/mol. The van der Waals surface area contributed by atoms with E-state index >= 15 is 0 Å². The molecule has 0 unspecified atom stereocenters. The molecule has 0 aliphatic carbocycles. The Labute approximate surface area is 95.7 Å². The number of carbonyl (C=O) groups is 1. The van der Waals surface area contributed by atoms with Crippen LogP contribution in [0.4, 0.5) is 0 Å². The number of aliphatic carboxylic acids is 1. The maximum Gasteiger partial charge on any atom is 0.317 e. The zero-order valence-electron chi connectivity index (χ0n) is 9.67. The van der Waals surface area contributed by atoms with E-state index in [1.807, 2.05) is 15.7 Å². The Kier molecular flexibility index (Phi) is 5.56. The quantitative estimate of drug-likeness (QED) is 0.719. The summed E-state index contributed by atoms with van der Waals surface area (Å²) in [4.78, 5) is 16.6. The molecule has 5 heteroatoms. The van der Waals surface area contributed by atoms with Crippen LogP contribution in [0.5, 0.6) is 0 Å². The van der Waals surface area contributed by atoms with Gasteiger partial charge in [0.15, 0.2) is 0 Å². The second-order valence-corrected chi connectivity index (χ2v) is 3.82. The molecule has 0 radical (unpaired) electrons. The molecule has 0 spiro atoms. The average Bonchev–Trinajstić information content (AvgIpc) is 2.70. The van der Waals surface area contributed by atoms with Crippen LogP contribution in [-0.2, 0) is 11.3 Å². The van der Waals surface area contributed by atoms with Crippen LogP contribution in [-0.4, -0.2) is 45.2 Å². The fourth-order valence-corrected chi connectivity index (χ4v) is 1.67. The van der Waals surface area contributed by atoms with Gasteiger partial charge in [-0.2, -0.15) is 0 Å². The van der Waals surface area contributed by atoms with Crippen LogP contribution in [0.2, 0.25) is 0 Å². The van der Waals surface area contributed by atoms with E-state index < -0.39 is 5.97 Å². The molecule has 1 rings (SSSR count). The number of hydrogen-bond donors (Lipinski definition) is 1. The molecule has 16 heavy (non-hydrogen) atoms. The van der Waals surface area contributed by atoms with Crippen LogP contribution in [0.15, 0.2) is 18.7 Å². The first-order valence-corrected chi connectivity index (χ1v) is 5.62. The van der Waals surface area contributed by atoms with Crippen molar-refractivity contribution < 1.29 is 9.90 Å². The second kappa shape index (κ2) is 7.00. The Morgan fingerprint density at radius 3 is 2.88 bits per heavy atom. The van der Waals surface area contributed by atoms with E-state index in [0.717, 1.165) is 32.5 Å². The van der Waals surface area contributed by atoms with Gasteiger partial charge >= 0.3 is 5.97 Å². The van der Waals surface area contributed by atoms with Crippen LogP contribution in [0.3, 0.4) is 0 Å². The average molecular weight is 225 g/mol. The molecule has 0 aromatic carbocycles. The number of imidazole rings is 1. The summed E-state index contributed by atoms with van der Waals surface area (Å²) in [6.07, 6.45) is 7.38. The van der Waals surface area contributed by atoms with Gasteiger partial charge in [0.25, 0.3) is 0 Å². The number of aromatic nitrogens is 2. The molecule has 0 amide bonds. The van der Waals surface area contributed by atoms with Crippen LogP contribution >= 0.6 is 0 Å². The van der Waals surface area contributed by atoms with E-state index in [9.17, 15) is 4.79 Å². The van der Waals surface area contributed by atoms with Gasteiger partial charge in [0.2, 0.25) is 0 Å². The third-order valence-corrected chi connectivity index (χ3v) is 2.35. The van der Waals surface area contributed by atoms with Crippen molar-refractivity contribution in [3.05, 3.63) is 18.7 Å². The van der Waals surface area contributed by atoms with Crippen molar-refractivity contribution >= 4 is 5.97 Å². The number of rotatable bonds is 8. The van der Waals surface area contributed by atoms with E-state index in [-0.39, 0.29) is 6.54 Å². The number of carboxylic acid groups (broad SMARTS) is 1. The summed E-state index contributed by atoms with van der Waals surface area (Å²) in [5, 5.41) is 8.74. The number of nitrogens with zero attached hydrogens (tertiary/aromatic N) is 3. The molecule has 0 saturated heterocycles. The number of hydrogen-bond acceptors (Lipinski definition) is 3. The Hall–Kier alpha value is -1.36. The van der Waals surface area contributed by atoms with E-state index in [1.165, 1.54) is 0 Å². The first kappa shape index (κ1) is 12.7. The monoisotopic (exact) mass is 225 g/mol. The van der Waals surface area contributed by atoms with Crippen molar-refractivity contribution in [2.45, 2.75) is 26.3 Å². The normalized spacial score (nSPS) is 10.9. The maximum absolute atomic E-state index is 10.6. The summed E-state index contributed by atoms with van der Waals surface area (Å²) < 4.78 is 2.00. The van der Waals surface area contributed by atoms with Crippen molar-refractivity contribution in [1.82, 2.24) is 14.5 Å². The van der Waals surface area contributed by atoms with Gasteiger partial charge in [0, 0.05) is 25.5 Å². The van der Waals surface area contributed by atoms with Gasteiger partial charge < -0.3 is 9.67 Å². The summed E-state index contributed by atoms with van der Waals surface area (Å²) in [6, 6.07) is 0. The van der Waals surface area contributed by atoms with Crippen molar-refractivity contribution in [1.29, 1.82) is 0 Å². The number of aryl methyl sites for hydroxylation is 1. The van der Waals surface area contributed by atoms with Crippen molar-refractivity contribution in [2.75, 3.05) is 19.6 Å². The highest BCUT2D eigenvalue weighted by atomic mass is 16.4. The first-order chi connectivity index (χ1) is 7.72. The molecule has 1 aromatic rings. The summed E-state index contributed by atoms with van der Waals surface area (Å²) in [7, 11) is 0. The van der Waals surface area contributed by atoms with Crippen molar-refractivity contribution in [2.24, 2.45) is 0 Å². The predicted octanol–water partition coefficient (Wildman–Crippen LogP) is 1.07. The number of carboxylic acids is 1. The largest absolute Gasteiger partial charge is 0.480 e. The van der Waals surface area contributed by atoms with Gasteiger partial charge in [0.05, 0.1) is 12.9 Å². The molecular formula is C11H19N3O2. The lowest BCUT2D eigenvalue weighted by Gasteiger charge is -2.19. The van der Waals surface area contributed by atoms with Gasteiger partial charge in [-0.25, -0.2) is 4.98 Å². The molecule has 0 fully saturated rings. The standard InChI is InChI=1S/C11H19N3O2/c1-2-5-13(9-11(15)16)6-3-7-14-8-4-12-10-14/h4,8,10H,2-3,5-7,9H2,1H3,(H,15,16). The smallest absolute Gasteiger partial charge is 0.317 e. The molecular weight excluding hydrogens is 206 g/mol. The molecule has 1 N–H and O–H groups in total. The van der Waals surface area contributed by atoms with Crippen molar-refractivity contribution in [3.63, 3.8) is 0 Å². The van der Waals surface area contributed by atoms with Gasteiger partial charge in [-0.15, -0.1) is 0 Å². The molecule has 5 nitrogen and oxygen atoms in total. The first-order valence-electron chi connectivity index (χ1n) is 5.62. The molecule has 0 aliphatic heterocycles. The Balaban J connectivity index is 2.23. The molecule has 0 saturated carbocycles. The van der Waals surface area contributed by atoms with E-state index in [4.69, 9.17) is 5.11 Å². The fraction of sp³-hybridized carbons (Fsp3) is 0.636. The molecule has 0 bridgehead atoms. The summed E-state index contributed by atoms with van der Waals surface area (Å²) in [5.41, 5.74) is 0.